The van der Waals surface area contributed by atoms with Gasteiger partial charge in [0, 0.05) is 13.6 Å². The molecular formula is C7H12N2O3. The maximum absolute atomic E-state index is 11.0. The Kier molecular flexibility index (Phi) is 2.65. The third-order valence-electron chi connectivity index (χ3n) is 1.87. The molecule has 0 radical (unpaired) electrons. The first-order valence-corrected chi connectivity index (χ1v) is 3.70. The Morgan fingerprint density at radius 1 is 1.75 bits per heavy atom. The minimum atomic E-state index is -0.377. The summed E-state index contributed by atoms with van der Waals surface area (Å²) in [7, 11) is 3.00. The number of hydrogen-bond donors (Lipinski definition) is 1. The van der Waals surface area contributed by atoms with Gasteiger partial charge in [0.15, 0.2) is 0 Å². The van der Waals surface area contributed by atoms with Crippen molar-refractivity contribution in [2.75, 3.05) is 27.2 Å². The van der Waals surface area contributed by atoms with Gasteiger partial charge in [-0.1, -0.05) is 0 Å². The summed E-state index contributed by atoms with van der Waals surface area (Å²) in [5, 5.41) is 2.78. The number of rotatable bonds is 1. The van der Waals surface area contributed by atoms with E-state index in [0.717, 1.165) is 0 Å². The first-order chi connectivity index (χ1) is 5.65. The van der Waals surface area contributed by atoms with E-state index in [0.29, 0.717) is 6.54 Å². The fourth-order valence-corrected chi connectivity index (χ4v) is 1.09. The van der Waals surface area contributed by atoms with Crippen molar-refractivity contribution in [3.63, 3.8) is 0 Å². The van der Waals surface area contributed by atoms with Crippen LogP contribution < -0.4 is 5.32 Å². The molecule has 0 aromatic heterocycles. The average Bonchev–Trinajstić information content (AvgIpc) is 2.08. The highest BCUT2D eigenvalue weighted by molar-refractivity contribution is 5.83. The Bertz CT molecular complexity index is 205. The van der Waals surface area contributed by atoms with E-state index in [1.165, 1.54) is 12.0 Å². The second kappa shape index (κ2) is 3.53. The zero-order chi connectivity index (χ0) is 9.14. The number of amides is 1. The quantitative estimate of drug-likeness (QED) is 0.494. The fraction of sp³-hybridized carbons (Fsp3) is 0.714. The summed E-state index contributed by atoms with van der Waals surface area (Å²) in [6.45, 7) is 0.585. The van der Waals surface area contributed by atoms with Gasteiger partial charge in [-0.15, -0.1) is 0 Å². The molecule has 0 spiro atoms. The summed E-state index contributed by atoms with van der Waals surface area (Å²) in [5.41, 5.74) is 0. The van der Waals surface area contributed by atoms with Gasteiger partial charge in [0.2, 0.25) is 5.91 Å². The molecule has 1 atom stereocenters. The SMILES string of the molecule is COC(=O)C1CN(C)C(=O)CN1. The molecule has 0 aliphatic carbocycles. The molecule has 12 heavy (non-hydrogen) atoms. The molecule has 0 bridgehead atoms. The van der Waals surface area contributed by atoms with Crippen molar-refractivity contribution >= 4 is 11.9 Å². The first-order valence-electron chi connectivity index (χ1n) is 3.70. The molecule has 1 saturated heterocycles. The number of methoxy groups -OCH3 is 1. The number of nitrogens with zero attached hydrogens (tertiary/aromatic N) is 1. The topological polar surface area (TPSA) is 58.6 Å². The number of carbonyl (C=O) groups excluding carboxylic acids is 2. The summed E-state index contributed by atoms with van der Waals surface area (Å²) in [6, 6.07) is -0.377. The Morgan fingerprint density at radius 2 is 2.42 bits per heavy atom. The van der Waals surface area contributed by atoms with Crippen molar-refractivity contribution in [2.45, 2.75) is 6.04 Å². The normalized spacial score (nSPS) is 24.0. The Morgan fingerprint density at radius 3 is 2.92 bits per heavy atom. The molecule has 0 aromatic carbocycles. The van der Waals surface area contributed by atoms with Crippen LogP contribution >= 0.6 is 0 Å². The Hall–Kier alpha value is -1.10. The number of likely N-dealkylation sites (N-methyl/N-ethyl adjacent to an activating group) is 1. The van der Waals surface area contributed by atoms with Crippen LogP contribution in [0.4, 0.5) is 0 Å². The molecule has 68 valence electrons. The van der Waals surface area contributed by atoms with Crippen LogP contribution in [0.1, 0.15) is 0 Å². The molecule has 5 heteroatoms. The standard InChI is InChI=1S/C7H12N2O3/c1-9-4-5(7(11)12-2)8-3-6(9)10/h5,8H,3-4H2,1-2H3. The van der Waals surface area contributed by atoms with Crippen LogP contribution in [0, 0.1) is 0 Å². The molecule has 1 N–H and O–H groups in total. The zero-order valence-corrected chi connectivity index (χ0v) is 7.16. The van der Waals surface area contributed by atoms with Gasteiger partial charge in [0.05, 0.1) is 13.7 Å². The summed E-state index contributed by atoms with van der Waals surface area (Å²) in [4.78, 5) is 23.5. The largest absolute Gasteiger partial charge is 0.468 e. The number of hydrogen-bond acceptors (Lipinski definition) is 4. The molecule has 1 heterocycles. The van der Waals surface area contributed by atoms with E-state index in [4.69, 9.17) is 0 Å². The van der Waals surface area contributed by atoms with E-state index >= 15 is 0 Å². The summed E-state index contributed by atoms with van der Waals surface area (Å²) in [6.07, 6.45) is 0. The Labute approximate surface area is 70.7 Å². The van der Waals surface area contributed by atoms with E-state index in [2.05, 4.69) is 10.1 Å². The highest BCUT2D eigenvalue weighted by Crippen LogP contribution is 1.98. The monoisotopic (exact) mass is 172 g/mol. The Balaban J connectivity index is 2.50. The van der Waals surface area contributed by atoms with Gasteiger partial charge in [-0.2, -0.15) is 0 Å². The molecule has 0 aromatic rings. The number of esters is 1. The second-order valence-electron chi connectivity index (χ2n) is 2.73. The third-order valence-corrected chi connectivity index (χ3v) is 1.87. The van der Waals surface area contributed by atoms with E-state index < -0.39 is 0 Å². The average molecular weight is 172 g/mol. The van der Waals surface area contributed by atoms with Gasteiger partial charge in [-0.3, -0.25) is 14.9 Å². The zero-order valence-electron chi connectivity index (χ0n) is 7.16. The highest BCUT2D eigenvalue weighted by atomic mass is 16.5. The lowest BCUT2D eigenvalue weighted by Gasteiger charge is -2.28. The minimum absolute atomic E-state index is 0.00449. The van der Waals surface area contributed by atoms with Crippen molar-refractivity contribution in [1.82, 2.24) is 10.2 Å². The van der Waals surface area contributed by atoms with E-state index in [1.807, 2.05) is 0 Å². The van der Waals surface area contributed by atoms with Crippen LogP contribution in [0.5, 0.6) is 0 Å². The predicted molar refractivity (Wildman–Crippen MR) is 41.4 cm³/mol. The van der Waals surface area contributed by atoms with Gasteiger partial charge >= 0.3 is 5.97 Å². The minimum Gasteiger partial charge on any atom is -0.468 e. The highest BCUT2D eigenvalue weighted by Gasteiger charge is 2.27. The van der Waals surface area contributed by atoms with Gasteiger partial charge in [0.1, 0.15) is 6.04 Å². The number of nitrogens with one attached hydrogen (secondary N) is 1. The second-order valence-corrected chi connectivity index (χ2v) is 2.73. The van der Waals surface area contributed by atoms with Gasteiger partial charge < -0.3 is 9.64 Å². The van der Waals surface area contributed by atoms with Crippen LogP contribution in [0.3, 0.4) is 0 Å². The van der Waals surface area contributed by atoms with Crippen LogP contribution in [0.15, 0.2) is 0 Å². The number of ether oxygens (including phenoxy) is 1. The predicted octanol–water partition coefficient (Wildman–Crippen LogP) is -1.41. The van der Waals surface area contributed by atoms with Crippen LogP contribution in [-0.2, 0) is 14.3 Å². The summed E-state index contributed by atoms with van der Waals surface area (Å²) in [5.74, 6) is -0.329. The van der Waals surface area contributed by atoms with Gasteiger partial charge in [-0.25, -0.2) is 0 Å². The van der Waals surface area contributed by atoms with Crippen molar-refractivity contribution in [2.24, 2.45) is 0 Å². The van der Waals surface area contributed by atoms with Gasteiger partial charge in [-0.05, 0) is 0 Å². The first kappa shape index (κ1) is 8.99. The number of carbonyl (C=O) groups is 2. The van der Waals surface area contributed by atoms with Crippen molar-refractivity contribution in [3.8, 4) is 0 Å². The van der Waals surface area contributed by atoms with Crippen molar-refractivity contribution < 1.29 is 14.3 Å². The lowest BCUT2D eigenvalue weighted by atomic mass is 10.2. The maximum atomic E-state index is 11.0. The summed E-state index contributed by atoms with van der Waals surface area (Å²) < 4.78 is 4.53. The van der Waals surface area contributed by atoms with E-state index in [1.54, 1.807) is 7.05 Å². The molecular weight excluding hydrogens is 160 g/mol. The molecule has 1 rings (SSSR count). The lowest BCUT2D eigenvalue weighted by Crippen LogP contribution is -2.55. The van der Waals surface area contributed by atoms with Crippen LogP contribution in [0.25, 0.3) is 0 Å². The van der Waals surface area contributed by atoms with Gasteiger partial charge in [0.25, 0.3) is 0 Å². The molecule has 1 aliphatic rings. The van der Waals surface area contributed by atoms with Crippen molar-refractivity contribution in [3.05, 3.63) is 0 Å². The molecule has 0 saturated carbocycles. The van der Waals surface area contributed by atoms with Crippen LogP contribution in [-0.4, -0.2) is 50.1 Å². The summed E-state index contributed by atoms with van der Waals surface area (Å²) >= 11 is 0. The molecule has 1 unspecified atom stereocenters. The molecule has 1 aliphatic heterocycles. The smallest absolute Gasteiger partial charge is 0.324 e. The van der Waals surface area contributed by atoms with Crippen molar-refractivity contribution in [1.29, 1.82) is 0 Å². The molecule has 1 fully saturated rings. The maximum Gasteiger partial charge on any atom is 0.324 e. The van der Waals surface area contributed by atoms with E-state index in [9.17, 15) is 9.59 Å². The third kappa shape index (κ3) is 1.73. The molecule has 5 nitrogen and oxygen atoms in total. The van der Waals surface area contributed by atoms with Crippen LogP contribution in [0.2, 0.25) is 0 Å². The lowest BCUT2D eigenvalue weighted by molar-refractivity contribution is -0.146. The van der Waals surface area contributed by atoms with E-state index in [-0.39, 0.29) is 24.5 Å². The molecule has 1 amide bonds. The fourth-order valence-electron chi connectivity index (χ4n) is 1.09. The number of piperazine rings is 1.